The summed E-state index contributed by atoms with van der Waals surface area (Å²) in [5, 5.41) is 72.2. The Hall–Kier alpha value is -3.51. The molecule has 0 aliphatic carbocycles. The molecule has 1 saturated heterocycles. The Morgan fingerprint density at radius 2 is 1.47 bits per heavy atom. The zero-order chi connectivity index (χ0) is 24.0. The molecule has 2 atom stereocenters. The number of hydrogen-bond acceptors (Lipinski definition) is 11. The largest absolute Gasteiger partial charge is 0.508 e. The van der Waals surface area contributed by atoms with Crippen LogP contribution < -0.4 is 5.43 Å². The Kier molecular flexibility index (Phi) is 8.27. The standard InChI is InChI=1S/C15H10O7.C5H10O3.CH4O/c16-7-4-10(19)12-11(5-7)22-15(14(21)13(12)20)6-1-2-8(17)9(18)3-6;6-4-1-5(7)3-8-2-4;1-2/h1-5,16-19,21H;4-7H,1-3H2;2H,1H3/t;4-,5+;. The van der Waals surface area contributed by atoms with Gasteiger partial charge in [0.2, 0.25) is 11.2 Å². The molecule has 2 aromatic carbocycles. The van der Waals surface area contributed by atoms with Crippen LogP contribution in [0.15, 0.2) is 39.5 Å². The molecule has 2 heterocycles. The fourth-order valence-corrected chi connectivity index (χ4v) is 2.93. The smallest absolute Gasteiger partial charge is 0.238 e. The summed E-state index contributed by atoms with van der Waals surface area (Å²) in [5.41, 5.74) is -0.890. The fourth-order valence-electron chi connectivity index (χ4n) is 2.93. The van der Waals surface area contributed by atoms with Crippen molar-refractivity contribution in [1.82, 2.24) is 0 Å². The summed E-state index contributed by atoms with van der Waals surface area (Å²) in [7, 11) is 1.00. The highest BCUT2D eigenvalue weighted by Gasteiger charge is 2.19. The lowest BCUT2D eigenvalue weighted by atomic mass is 10.1. The molecule has 1 aromatic heterocycles. The summed E-state index contributed by atoms with van der Waals surface area (Å²) in [6, 6.07) is 5.64. The van der Waals surface area contributed by atoms with Crippen molar-refractivity contribution < 1.29 is 50.0 Å². The number of aliphatic hydroxyl groups excluding tert-OH is 3. The number of benzene rings is 2. The van der Waals surface area contributed by atoms with Crippen LogP contribution in [0, 0.1) is 0 Å². The maximum absolute atomic E-state index is 12.1. The van der Waals surface area contributed by atoms with E-state index in [2.05, 4.69) is 0 Å². The van der Waals surface area contributed by atoms with Gasteiger partial charge in [0.1, 0.15) is 22.5 Å². The van der Waals surface area contributed by atoms with Gasteiger partial charge in [-0.15, -0.1) is 0 Å². The van der Waals surface area contributed by atoms with Crippen molar-refractivity contribution in [2.45, 2.75) is 18.6 Å². The summed E-state index contributed by atoms with van der Waals surface area (Å²) in [4.78, 5) is 12.1. The lowest BCUT2D eigenvalue weighted by molar-refractivity contribution is -0.0715. The predicted octanol–water partition coefficient (Wildman–Crippen LogP) is 0.725. The second-order valence-electron chi connectivity index (χ2n) is 6.73. The third-order valence-electron chi connectivity index (χ3n) is 4.34. The van der Waals surface area contributed by atoms with Crippen LogP contribution >= 0.6 is 0 Å². The van der Waals surface area contributed by atoms with E-state index in [0.717, 1.165) is 31.4 Å². The van der Waals surface area contributed by atoms with E-state index in [1.54, 1.807) is 0 Å². The number of aromatic hydroxyl groups is 5. The SMILES string of the molecule is CO.O=c1c(O)c(-c2ccc(O)c(O)c2)oc2cc(O)cc(O)c12.O[C@@H]1COC[C@H](O)C1. The minimum atomic E-state index is -0.888. The third kappa shape index (κ3) is 5.59. The van der Waals surface area contributed by atoms with E-state index in [-0.39, 0.29) is 33.8 Å². The number of phenolic OH excluding ortho intramolecular Hbond substituents is 4. The fraction of sp³-hybridized carbons (Fsp3) is 0.286. The minimum absolute atomic E-state index is 0.134. The first kappa shape index (κ1) is 24.8. The van der Waals surface area contributed by atoms with Crippen molar-refractivity contribution in [3.63, 3.8) is 0 Å². The molecule has 0 spiro atoms. The summed E-state index contributed by atoms with van der Waals surface area (Å²) in [6.07, 6.45) is -0.461. The summed E-state index contributed by atoms with van der Waals surface area (Å²) < 4.78 is 10.1. The predicted molar refractivity (Wildman–Crippen MR) is 112 cm³/mol. The summed E-state index contributed by atoms with van der Waals surface area (Å²) >= 11 is 0. The van der Waals surface area contributed by atoms with Crippen molar-refractivity contribution in [1.29, 1.82) is 0 Å². The molecular formula is C21H24O11. The normalized spacial score (nSPS) is 17.6. The minimum Gasteiger partial charge on any atom is -0.508 e. The first-order valence-electron chi connectivity index (χ1n) is 9.30. The van der Waals surface area contributed by atoms with Crippen LogP contribution in [0.4, 0.5) is 0 Å². The number of fused-ring (bicyclic) bond motifs is 1. The van der Waals surface area contributed by atoms with Gasteiger partial charge in [0, 0.05) is 31.2 Å². The van der Waals surface area contributed by atoms with Gasteiger partial charge < -0.3 is 50.0 Å². The summed E-state index contributed by atoms with van der Waals surface area (Å²) in [5.74, 6) is -2.71. The molecule has 0 bridgehead atoms. The molecule has 0 amide bonds. The molecule has 11 heteroatoms. The molecule has 1 aliphatic heterocycles. The maximum Gasteiger partial charge on any atom is 0.238 e. The Bertz CT molecular complexity index is 1110. The lowest BCUT2D eigenvalue weighted by Gasteiger charge is -2.21. The van der Waals surface area contributed by atoms with Crippen LogP contribution in [0.3, 0.4) is 0 Å². The van der Waals surface area contributed by atoms with Crippen LogP contribution in [0.25, 0.3) is 22.3 Å². The van der Waals surface area contributed by atoms with Gasteiger partial charge in [-0.2, -0.15) is 0 Å². The molecule has 3 aromatic rings. The Morgan fingerprint density at radius 3 is 2.00 bits per heavy atom. The molecule has 0 radical (unpaired) electrons. The highest BCUT2D eigenvalue weighted by atomic mass is 16.5. The van der Waals surface area contributed by atoms with Crippen molar-refractivity contribution in [3.8, 4) is 40.1 Å². The van der Waals surface area contributed by atoms with E-state index in [1.807, 2.05) is 0 Å². The van der Waals surface area contributed by atoms with Crippen LogP contribution in [0.1, 0.15) is 6.42 Å². The van der Waals surface area contributed by atoms with E-state index in [4.69, 9.17) is 24.5 Å². The number of rotatable bonds is 1. The van der Waals surface area contributed by atoms with Gasteiger partial charge in [0.25, 0.3) is 0 Å². The number of hydrogen-bond donors (Lipinski definition) is 8. The van der Waals surface area contributed by atoms with Crippen LogP contribution in [0.5, 0.6) is 28.7 Å². The van der Waals surface area contributed by atoms with E-state index < -0.39 is 34.9 Å². The zero-order valence-corrected chi connectivity index (χ0v) is 17.0. The molecule has 32 heavy (non-hydrogen) atoms. The lowest BCUT2D eigenvalue weighted by Crippen LogP contribution is -2.32. The second-order valence-corrected chi connectivity index (χ2v) is 6.73. The topological polar surface area (TPSA) is 201 Å². The van der Waals surface area contributed by atoms with Gasteiger partial charge in [-0.1, -0.05) is 0 Å². The molecule has 174 valence electrons. The maximum atomic E-state index is 12.1. The highest BCUT2D eigenvalue weighted by Crippen LogP contribution is 2.37. The molecule has 1 aliphatic rings. The Morgan fingerprint density at radius 1 is 0.844 bits per heavy atom. The Balaban J connectivity index is 0.000000304. The van der Waals surface area contributed by atoms with Gasteiger partial charge in [-0.3, -0.25) is 4.79 Å². The first-order chi connectivity index (χ1) is 15.2. The van der Waals surface area contributed by atoms with Gasteiger partial charge in [0.05, 0.1) is 25.4 Å². The van der Waals surface area contributed by atoms with Crippen molar-refractivity contribution in [2.75, 3.05) is 20.3 Å². The first-order valence-corrected chi connectivity index (χ1v) is 9.30. The Labute approximate surface area is 181 Å². The molecule has 0 unspecified atom stereocenters. The summed E-state index contributed by atoms with van der Waals surface area (Å²) in [6.45, 7) is 0.744. The van der Waals surface area contributed by atoms with Crippen molar-refractivity contribution >= 4 is 11.0 Å². The molecule has 1 fully saturated rings. The second kappa shape index (κ2) is 10.7. The molecule has 8 N–H and O–H groups in total. The van der Waals surface area contributed by atoms with Gasteiger partial charge in [-0.25, -0.2) is 0 Å². The van der Waals surface area contributed by atoms with E-state index in [9.17, 15) is 30.3 Å². The molecule has 4 rings (SSSR count). The van der Waals surface area contributed by atoms with Crippen LogP contribution in [0.2, 0.25) is 0 Å². The van der Waals surface area contributed by atoms with Crippen LogP contribution in [-0.2, 0) is 4.74 Å². The number of ether oxygens (including phenoxy) is 1. The van der Waals surface area contributed by atoms with E-state index in [0.29, 0.717) is 19.6 Å². The van der Waals surface area contributed by atoms with Gasteiger partial charge in [0.15, 0.2) is 17.3 Å². The quantitative estimate of drug-likeness (QED) is 0.242. The average molecular weight is 452 g/mol. The molecule has 0 saturated carbocycles. The molecular weight excluding hydrogens is 428 g/mol. The average Bonchev–Trinajstić information content (AvgIpc) is 2.74. The number of phenols is 4. The van der Waals surface area contributed by atoms with Gasteiger partial charge >= 0.3 is 0 Å². The van der Waals surface area contributed by atoms with Crippen molar-refractivity contribution in [2.24, 2.45) is 0 Å². The highest BCUT2D eigenvalue weighted by molar-refractivity contribution is 5.88. The number of aliphatic hydroxyl groups is 3. The molecule has 11 nitrogen and oxygen atoms in total. The zero-order valence-electron chi connectivity index (χ0n) is 17.0. The monoisotopic (exact) mass is 452 g/mol. The van der Waals surface area contributed by atoms with Gasteiger partial charge in [-0.05, 0) is 18.2 Å². The van der Waals surface area contributed by atoms with E-state index in [1.165, 1.54) is 6.07 Å². The third-order valence-corrected chi connectivity index (χ3v) is 4.34. The van der Waals surface area contributed by atoms with E-state index >= 15 is 0 Å². The van der Waals surface area contributed by atoms with Crippen LogP contribution in [-0.4, -0.2) is 73.4 Å². The van der Waals surface area contributed by atoms with Crippen molar-refractivity contribution in [3.05, 3.63) is 40.6 Å².